The average Bonchev–Trinajstić information content (AvgIpc) is 2.67. The van der Waals surface area contributed by atoms with Crippen molar-refractivity contribution in [2.75, 3.05) is 0 Å². The third-order valence-corrected chi connectivity index (χ3v) is 3.55. The van der Waals surface area contributed by atoms with E-state index >= 15 is 0 Å². The standard InChI is InChI=1S/C16H20N2O2/c1-10(2)18-12(4)15(11(3)17-18)9-13-5-7-14(8-6-13)16(19)20/h5-8,10H,9H2,1-4H3,(H,19,20). The Morgan fingerprint density at radius 2 is 1.85 bits per heavy atom. The minimum atomic E-state index is -0.892. The van der Waals surface area contributed by atoms with Crippen molar-refractivity contribution in [3.63, 3.8) is 0 Å². The lowest BCUT2D eigenvalue weighted by atomic mass is 10.0. The van der Waals surface area contributed by atoms with E-state index in [2.05, 4.69) is 25.9 Å². The molecule has 2 rings (SSSR count). The third kappa shape index (κ3) is 2.74. The Balaban J connectivity index is 2.28. The molecule has 2 aromatic rings. The second-order valence-electron chi connectivity index (χ2n) is 5.37. The van der Waals surface area contributed by atoms with E-state index in [1.54, 1.807) is 12.1 Å². The van der Waals surface area contributed by atoms with Gasteiger partial charge in [0.15, 0.2) is 0 Å². The molecule has 0 atom stereocenters. The highest BCUT2D eigenvalue weighted by molar-refractivity contribution is 5.87. The molecule has 0 aliphatic rings. The summed E-state index contributed by atoms with van der Waals surface area (Å²) in [6.07, 6.45) is 0.782. The molecule has 0 amide bonds. The Morgan fingerprint density at radius 1 is 1.25 bits per heavy atom. The summed E-state index contributed by atoms with van der Waals surface area (Å²) in [5.41, 5.74) is 4.87. The monoisotopic (exact) mass is 272 g/mol. The van der Waals surface area contributed by atoms with Crippen molar-refractivity contribution in [2.45, 2.75) is 40.2 Å². The molecule has 0 saturated heterocycles. The van der Waals surface area contributed by atoms with Gasteiger partial charge in [-0.1, -0.05) is 12.1 Å². The first-order valence-electron chi connectivity index (χ1n) is 6.77. The van der Waals surface area contributed by atoms with E-state index in [-0.39, 0.29) is 0 Å². The number of aryl methyl sites for hydroxylation is 1. The number of aromatic carboxylic acids is 1. The minimum absolute atomic E-state index is 0.320. The number of benzene rings is 1. The van der Waals surface area contributed by atoms with Crippen molar-refractivity contribution in [2.24, 2.45) is 0 Å². The van der Waals surface area contributed by atoms with Gasteiger partial charge in [0.1, 0.15) is 0 Å². The molecule has 0 radical (unpaired) electrons. The molecule has 0 saturated carbocycles. The van der Waals surface area contributed by atoms with Gasteiger partial charge in [0.05, 0.1) is 11.3 Å². The van der Waals surface area contributed by atoms with Crippen LogP contribution in [0.2, 0.25) is 0 Å². The van der Waals surface area contributed by atoms with Crippen LogP contribution >= 0.6 is 0 Å². The summed E-state index contributed by atoms with van der Waals surface area (Å²) in [7, 11) is 0. The van der Waals surface area contributed by atoms with Gasteiger partial charge < -0.3 is 5.11 Å². The molecule has 1 heterocycles. The van der Waals surface area contributed by atoms with E-state index in [1.807, 2.05) is 23.7 Å². The molecule has 0 fully saturated rings. The smallest absolute Gasteiger partial charge is 0.335 e. The second kappa shape index (κ2) is 5.49. The lowest BCUT2D eigenvalue weighted by Crippen LogP contribution is -2.05. The normalized spacial score (nSPS) is 11.1. The molecule has 4 heteroatoms. The SMILES string of the molecule is Cc1nn(C(C)C)c(C)c1Cc1ccc(C(=O)O)cc1. The molecule has 1 aromatic carbocycles. The van der Waals surface area contributed by atoms with Crippen LogP contribution in [0.1, 0.15) is 52.8 Å². The predicted octanol–water partition coefficient (Wildman–Crippen LogP) is 3.37. The molecule has 4 nitrogen and oxygen atoms in total. The Bertz CT molecular complexity index is 625. The van der Waals surface area contributed by atoms with Crippen molar-refractivity contribution >= 4 is 5.97 Å². The van der Waals surface area contributed by atoms with Crippen LogP contribution < -0.4 is 0 Å². The number of hydrogen-bond donors (Lipinski definition) is 1. The molecule has 0 unspecified atom stereocenters. The first kappa shape index (κ1) is 14.3. The topological polar surface area (TPSA) is 55.1 Å². The molecule has 1 N–H and O–H groups in total. The molecule has 0 spiro atoms. The average molecular weight is 272 g/mol. The summed E-state index contributed by atoms with van der Waals surface area (Å²) in [6.45, 7) is 8.34. The molecular weight excluding hydrogens is 252 g/mol. The van der Waals surface area contributed by atoms with Gasteiger partial charge in [0.2, 0.25) is 0 Å². The summed E-state index contributed by atoms with van der Waals surface area (Å²) >= 11 is 0. The molecule has 1 aromatic heterocycles. The second-order valence-corrected chi connectivity index (χ2v) is 5.37. The van der Waals surface area contributed by atoms with Gasteiger partial charge in [-0.25, -0.2) is 4.79 Å². The van der Waals surface area contributed by atoms with E-state index in [0.717, 1.165) is 17.7 Å². The summed E-state index contributed by atoms with van der Waals surface area (Å²) in [4.78, 5) is 10.8. The van der Waals surface area contributed by atoms with E-state index in [4.69, 9.17) is 5.11 Å². The van der Waals surface area contributed by atoms with Gasteiger partial charge >= 0.3 is 5.97 Å². The predicted molar refractivity (Wildman–Crippen MR) is 78.3 cm³/mol. The fourth-order valence-electron chi connectivity index (χ4n) is 2.42. The zero-order valence-electron chi connectivity index (χ0n) is 12.3. The first-order valence-corrected chi connectivity index (χ1v) is 6.77. The van der Waals surface area contributed by atoms with Gasteiger partial charge in [-0.3, -0.25) is 4.68 Å². The summed E-state index contributed by atoms with van der Waals surface area (Å²) in [6, 6.07) is 7.38. The van der Waals surface area contributed by atoms with Gasteiger partial charge in [0, 0.05) is 23.7 Å². The maximum atomic E-state index is 10.8. The quantitative estimate of drug-likeness (QED) is 0.928. The first-order chi connectivity index (χ1) is 9.40. The number of hydrogen-bond acceptors (Lipinski definition) is 2. The van der Waals surface area contributed by atoms with Crippen molar-refractivity contribution in [3.8, 4) is 0 Å². The summed E-state index contributed by atoms with van der Waals surface area (Å²) < 4.78 is 2.04. The van der Waals surface area contributed by atoms with Crippen molar-refractivity contribution in [1.82, 2.24) is 9.78 Å². The number of carboxylic acid groups (broad SMARTS) is 1. The van der Waals surface area contributed by atoms with Gasteiger partial charge in [0.25, 0.3) is 0 Å². The lowest BCUT2D eigenvalue weighted by molar-refractivity contribution is 0.0697. The molecule has 20 heavy (non-hydrogen) atoms. The van der Waals surface area contributed by atoms with E-state index < -0.39 is 5.97 Å². The summed E-state index contributed by atoms with van der Waals surface area (Å²) in [5.74, 6) is -0.892. The Kier molecular flexibility index (Phi) is 3.93. The number of nitrogens with zero attached hydrogens (tertiary/aromatic N) is 2. The zero-order valence-corrected chi connectivity index (χ0v) is 12.3. The van der Waals surface area contributed by atoms with Crippen LogP contribution in [-0.4, -0.2) is 20.9 Å². The van der Waals surface area contributed by atoms with Crippen molar-refractivity contribution < 1.29 is 9.90 Å². The lowest BCUT2D eigenvalue weighted by Gasteiger charge is -2.09. The minimum Gasteiger partial charge on any atom is -0.478 e. The maximum absolute atomic E-state index is 10.8. The third-order valence-electron chi connectivity index (χ3n) is 3.55. The van der Waals surface area contributed by atoms with E-state index in [0.29, 0.717) is 11.6 Å². The fourth-order valence-corrected chi connectivity index (χ4v) is 2.42. The van der Waals surface area contributed by atoms with Crippen LogP contribution in [0, 0.1) is 13.8 Å². The highest BCUT2D eigenvalue weighted by atomic mass is 16.4. The van der Waals surface area contributed by atoms with Crippen LogP contribution in [0.5, 0.6) is 0 Å². The number of aromatic nitrogens is 2. The Labute approximate surface area is 119 Å². The van der Waals surface area contributed by atoms with Crippen LogP contribution in [0.15, 0.2) is 24.3 Å². The fraction of sp³-hybridized carbons (Fsp3) is 0.375. The van der Waals surface area contributed by atoms with Crippen molar-refractivity contribution in [1.29, 1.82) is 0 Å². The van der Waals surface area contributed by atoms with Gasteiger partial charge in [-0.05, 0) is 45.4 Å². The van der Waals surface area contributed by atoms with Gasteiger partial charge in [-0.15, -0.1) is 0 Å². The Morgan fingerprint density at radius 3 is 2.30 bits per heavy atom. The largest absolute Gasteiger partial charge is 0.478 e. The number of carbonyl (C=O) groups is 1. The van der Waals surface area contributed by atoms with E-state index in [9.17, 15) is 4.79 Å². The maximum Gasteiger partial charge on any atom is 0.335 e. The Hall–Kier alpha value is -2.10. The van der Waals surface area contributed by atoms with Crippen LogP contribution in [-0.2, 0) is 6.42 Å². The van der Waals surface area contributed by atoms with E-state index in [1.165, 1.54) is 11.3 Å². The van der Waals surface area contributed by atoms with Crippen LogP contribution in [0.3, 0.4) is 0 Å². The molecule has 0 bridgehead atoms. The molecule has 106 valence electrons. The number of carboxylic acids is 1. The van der Waals surface area contributed by atoms with Gasteiger partial charge in [-0.2, -0.15) is 5.10 Å². The summed E-state index contributed by atoms with van der Waals surface area (Å²) in [5, 5.41) is 13.5. The zero-order chi connectivity index (χ0) is 14.9. The molecule has 0 aliphatic carbocycles. The van der Waals surface area contributed by atoms with Crippen molar-refractivity contribution in [3.05, 3.63) is 52.3 Å². The van der Waals surface area contributed by atoms with Crippen LogP contribution in [0.25, 0.3) is 0 Å². The van der Waals surface area contributed by atoms with Crippen LogP contribution in [0.4, 0.5) is 0 Å². The number of rotatable bonds is 4. The molecular formula is C16H20N2O2. The highest BCUT2D eigenvalue weighted by Gasteiger charge is 2.14. The molecule has 0 aliphatic heterocycles. The highest BCUT2D eigenvalue weighted by Crippen LogP contribution is 2.20.